The van der Waals surface area contributed by atoms with Gasteiger partial charge in [0.2, 0.25) is 15.9 Å². The zero-order valence-electron chi connectivity index (χ0n) is 19.8. The van der Waals surface area contributed by atoms with Gasteiger partial charge in [0.05, 0.1) is 12.4 Å². The van der Waals surface area contributed by atoms with Gasteiger partial charge < -0.3 is 9.47 Å². The molecule has 0 amide bonds. The van der Waals surface area contributed by atoms with Crippen molar-refractivity contribution in [1.29, 1.82) is 0 Å². The molecule has 9 heteroatoms. The molecule has 0 N–H and O–H groups in total. The predicted molar refractivity (Wildman–Crippen MR) is 120 cm³/mol. The Morgan fingerprint density at radius 3 is 2.69 bits per heavy atom. The maximum Gasteiger partial charge on any atom is 0.216 e. The molecule has 2 aliphatic carbocycles. The first-order valence-electron chi connectivity index (χ1n) is 11.6. The van der Waals surface area contributed by atoms with Gasteiger partial charge >= 0.3 is 0 Å². The molecule has 3 fully saturated rings. The Kier molecular flexibility index (Phi) is 6.13. The maximum atomic E-state index is 13.4. The molecule has 2 heterocycles. The molecule has 3 unspecified atom stereocenters. The van der Waals surface area contributed by atoms with Crippen LogP contribution in [0.4, 0.5) is 0 Å². The summed E-state index contributed by atoms with van der Waals surface area (Å²) in [6, 6.07) is 1.77. The SMILES string of the molecule is Cc1cc(OCC2CN(S(=O)(=O)CC34CCC(CC3=O)C4(C)C)CCO2)nc(C(C)C)n1. The Labute approximate surface area is 191 Å². The van der Waals surface area contributed by atoms with Crippen molar-refractivity contribution in [3.8, 4) is 5.88 Å². The fourth-order valence-corrected chi connectivity index (χ4v) is 7.86. The van der Waals surface area contributed by atoms with Gasteiger partial charge in [-0.15, -0.1) is 0 Å². The molecule has 178 valence electrons. The fraction of sp³-hybridized carbons (Fsp3) is 0.783. The van der Waals surface area contributed by atoms with E-state index in [1.54, 1.807) is 6.07 Å². The highest BCUT2D eigenvalue weighted by Gasteiger charge is 2.65. The van der Waals surface area contributed by atoms with E-state index in [2.05, 4.69) is 23.8 Å². The average Bonchev–Trinajstić information content (AvgIpc) is 3.06. The Balaban J connectivity index is 1.42. The first kappa shape index (κ1) is 23.6. The van der Waals surface area contributed by atoms with E-state index in [-0.39, 0.29) is 36.0 Å². The second-order valence-corrected chi connectivity index (χ2v) is 12.4. The van der Waals surface area contributed by atoms with Crippen LogP contribution in [-0.4, -0.2) is 66.6 Å². The van der Waals surface area contributed by atoms with Gasteiger partial charge in [0, 0.05) is 42.6 Å². The van der Waals surface area contributed by atoms with E-state index in [0.717, 1.165) is 12.1 Å². The number of rotatable bonds is 7. The summed E-state index contributed by atoms with van der Waals surface area (Å²) in [6.07, 6.45) is 1.73. The number of ketones is 1. The molecule has 32 heavy (non-hydrogen) atoms. The maximum absolute atomic E-state index is 13.4. The number of carbonyl (C=O) groups is 1. The molecule has 1 aliphatic heterocycles. The summed E-state index contributed by atoms with van der Waals surface area (Å²) in [5.74, 6) is 1.68. The zero-order valence-corrected chi connectivity index (χ0v) is 20.6. The topological polar surface area (TPSA) is 98.7 Å². The van der Waals surface area contributed by atoms with E-state index in [4.69, 9.17) is 9.47 Å². The second-order valence-electron chi connectivity index (χ2n) is 10.4. The highest BCUT2D eigenvalue weighted by molar-refractivity contribution is 7.89. The third kappa shape index (κ3) is 4.07. The summed E-state index contributed by atoms with van der Waals surface area (Å²) in [7, 11) is -3.60. The van der Waals surface area contributed by atoms with Crippen molar-refractivity contribution in [1.82, 2.24) is 14.3 Å². The van der Waals surface area contributed by atoms with Crippen LogP contribution in [0.1, 0.15) is 64.4 Å². The van der Waals surface area contributed by atoms with Gasteiger partial charge in [-0.25, -0.2) is 13.4 Å². The van der Waals surface area contributed by atoms with Crippen LogP contribution in [0.3, 0.4) is 0 Å². The molecule has 1 aromatic heterocycles. The van der Waals surface area contributed by atoms with Crippen molar-refractivity contribution in [2.24, 2.45) is 16.7 Å². The van der Waals surface area contributed by atoms with Crippen molar-refractivity contribution in [3.05, 3.63) is 17.6 Å². The molecule has 2 bridgehead atoms. The van der Waals surface area contributed by atoms with Crippen LogP contribution in [0.2, 0.25) is 0 Å². The highest BCUT2D eigenvalue weighted by atomic mass is 32.2. The standard InChI is InChI=1S/C23H35N3O5S/c1-15(2)21-24-16(3)10-20(25-21)31-13-18-12-26(8-9-30-18)32(28,29)14-23-7-6-17(11-19(23)27)22(23,4)5/h10,15,17-18H,6-9,11-14H2,1-5H3. The second kappa shape index (κ2) is 8.33. The number of carbonyl (C=O) groups excluding carboxylic acids is 1. The van der Waals surface area contributed by atoms with Crippen LogP contribution in [0.15, 0.2) is 6.07 Å². The third-order valence-corrected chi connectivity index (χ3v) is 9.82. The number of ether oxygens (including phenoxy) is 2. The number of fused-ring (bicyclic) bond motifs is 2. The van der Waals surface area contributed by atoms with Crippen LogP contribution < -0.4 is 4.74 Å². The highest BCUT2D eigenvalue weighted by Crippen LogP contribution is 2.64. The molecule has 0 spiro atoms. The molecule has 3 atom stereocenters. The molecule has 0 radical (unpaired) electrons. The van der Waals surface area contributed by atoms with Crippen LogP contribution in [0, 0.1) is 23.7 Å². The van der Waals surface area contributed by atoms with Crippen molar-refractivity contribution in [2.45, 2.75) is 65.9 Å². The summed E-state index contributed by atoms with van der Waals surface area (Å²) >= 11 is 0. The van der Waals surface area contributed by atoms with Gasteiger partial charge in [0.25, 0.3) is 0 Å². The lowest BCUT2D eigenvalue weighted by Gasteiger charge is -2.39. The Hall–Kier alpha value is -1.58. The van der Waals surface area contributed by atoms with Crippen molar-refractivity contribution in [3.63, 3.8) is 0 Å². The van der Waals surface area contributed by atoms with Gasteiger partial charge in [-0.1, -0.05) is 27.7 Å². The molecule has 3 aliphatic rings. The molecular weight excluding hydrogens is 430 g/mol. The fourth-order valence-electron chi connectivity index (χ4n) is 5.63. The first-order valence-corrected chi connectivity index (χ1v) is 13.2. The molecule has 0 aromatic carbocycles. The summed E-state index contributed by atoms with van der Waals surface area (Å²) in [4.78, 5) is 21.7. The number of aryl methyl sites for hydroxylation is 1. The average molecular weight is 466 g/mol. The molecule has 8 nitrogen and oxygen atoms in total. The molecule has 4 rings (SSSR count). The van der Waals surface area contributed by atoms with Crippen LogP contribution in [0.25, 0.3) is 0 Å². The zero-order chi connectivity index (χ0) is 23.3. The molecule has 2 saturated carbocycles. The summed E-state index contributed by atoms with van der Waals surface area (Å²) in [6.45, 7) is 11.1. The third-order valence-electron chi connectivity index (χ3n) is 7.84. The Bertz CT molecular complexity index is 993. The first-order chi connectivity index (χ1) is 14.9. The number of morpholine rings is 1. The molecule has 1 saturated heterocycles. The lowest BCUT2D eigenvalue weighted by Crippen LogP contribution is -2.52. The number of nitrogens with zero attached hydrogens (tertiary/aromatic N) is 3. The monoisotopic (exact) mass is 465 g/mol. The van der Waals surface area contributed by atoms with E-state index < -0.39 is 21.5 Å². The van der Waals surface area contributed by atoms with E-state index in [1.165, 1.54) is 4.31 Å². The van der Waals surface area contributed by atoms with Crippen LogP contribution >= 0.6 is 0 Å². The largest absolute Gasteiger partial charge is 0.475 e. The van der Waals surface area contributed by atoms with E-state index >= 15 is 0 Å². The van der Waals surface area contributed by atoms with Gasteiger partial charge in [-0.2, -0.15) is 9.29 Å². The van der Waals surface area contributed by atoms with E-state index in [0.29, 0.717) is 43.6 Å². The summed E-state index contributed by atoms with van der Waals surface area (Å²) in [5, 5.41) is 0. The lowest BCUT2D eigenvalue weighted by atomic mass is 9.70. The minimum Gasteiger partial charge on any atom is -0.475 e. The molecule has 1 aromatic rings. The van der Waals surface area contributed by atoms with Crippen LogP contribution in [-0.2, 0) is 19.6 Å². The number of hydrogen-bond donors (Lipinski definition) is 0. The van der Waals surface area contributed by atoms with E-state index in [1.807, 2.05) is 20.8 Å². The summed E-state index contributed by atoms with van der Waals surface area (Å²) < 4.78 is 39.9. The van der Waals surface area contributed by atoms with E-state index in [9.17, 15) is 13.2 Å². The molecular formula is C23H35N3O5S. The Morgan fingerprint density at radius 1 is 1.31 bits per heavy atom. The van der Waals surface area contributed by atoms with Gasteiger partial charge in [-0.05, 0) is 31.1 Å². The van der Waals surface area contributed by atoms with Gasteiger partial charge in [-0.3, -0.25) is 4.79 Å². The lowest BCUT2D eigenvalue weighted by molar-refractivity contribution is -0.128. The van der Waals surface area contributed by atoms with Crippen molar-refractivity contribution < 1.29 is 22.7 Å². The Morgan fingerprint density at radius 2 is 2.06 bits per heavy atom. The minimum atomic E-state index is -3.60. The minimum absolute atomic E-state index is 0.0984. The number of sulfonamides is 1. The summed E-state index contributed by atoms with van der Waals surface area (Å²) in [5.41, 5.74) is -0.206. The van der Waals surface area contributed by atoms with Crippen molar-refractivity contribution in [2.75, 3.05) is 32.1 Å². The van der Waals surface area contributed by atoms with Crippen LogP contribution in [0.5, 0.6) is 5.88 Å². The quantitative estimate of drug-likeness (QED) is 0.610. The van der Waals surface area contributed by atoms with Gasteiger partial charge in [0.15, 0.2) is 0 Å². The number of hydrogen-bond acceptors (Lipinski definition) is 7. The number of Topliss-reactive ketones (excluding diaryl/α,β-unsaturated/α-hetero) is 1. The predicted octanol–water partition coefficient (Wildman–Crippen LogP) is 2.71. The number of aromatic nitrogens is 2. The van der Waals surface area contributed by atoms with Crippen molar-refractivity contribution >= 4 is 15.8 Å². The normalized spacial score (nSPS) is 30.2. The smallest absolute Gasteiger partial charge is 0.216 e. The van der Waals surface area contributed by atoms with Gasteiger partial charge in [0.1, 0.15) is 24.3 Å².